The van der Waals surface area contributed by atoms with Crippen LogP contribution in [0.5, 0.6) is 0 Å². The van der Waals surface area contributed by atoms with Gasteiger partial charge in [0.05, 0.1) is 17.1 Å². The quantitative estimate of drug-likeness (QED) is 0.310. The standard InChI is InChI=1S/C31H26N2O2S/c1-22-9-8-14-25(17-22)21-33-27-19-26(30(34)32-20-24-12-6-3-7-13-24)15-16-28(27)36-29(31(33)35)18-23-10-4-2-5-11-23/h2-19H,20-21H2,1H3,(H,32,34)/b29-18-. The van der Waals surface area contributed by atoms with Crippen LogP contribution in [0.2, 0.25) is 0 Å². The maximum absolute atomic E-state index is 13.7. The summed E-state index contributed by atoms with van der Waals surface area (Å²) < 4.78 is 0. The van der Waals surface area contributed by atoms with Crippen LogP contribution in [-0.2, 0) is 17.9 Å². The van der Waals surface area contributed by atoms with Gasteiger partial charge in [0.1, 0.15) is 0 Å². The van der Waals surface area contributed by atoms with E-state index >= 15 is 0 Å². The van der Waals surface area contributed by atoms with Gasteiger partial charge in [-0.1, -0.05) is 102 Å². The summed E-state index contributed by atoms with van der Waals surface area (Å²) in [6.45, 7) is 2.91. The fourth-order valence-corrected chi connectivity index (χ4v) is 5.22. The second kappa shape index (κ2) is 10.7. The third-order valence-corrected chi connectivity index (χ3v) is 7.08. The minimum absolute atomic E-state index is 0.0697. The molecule has 2 amide bonds. The molecule has 5 rings (SSSR count). The van der Waals surface area contributed by atoms with E-state index in [2.05, 4.69) is 11.4 Å². The van der Waals surface area contributed by atoms with Crippen LogP contribution in [0.25, 0.3) is 6.08 Å². The monoisotopic (exact) mass is 490 g/mol. The number of amides is 2. The fraction of sp³-hybridized carbons (Fsp3) is 0.0968. The molecule has 4 aromatic rings. The molecule has 0 atom stereocenters. The van der Waals surface area contributed by atoms with Crippen molar-refractivity contribution in [2.45, 2.75) is 24.9 Å². The Morgan fingerprint density at radius 2 is 1.58 bits per heavy atom. The summed E-state index contributed by atoms with van der Waals surface area (Å²) >= 11 is 1.45. The van der Waals surface area contributed by atoms with Gasteiger partial charge in [-0.25, -0.2) is 0 Å². The molecule has 0 aliphatic carbocycles. The van der Waals surface area contributed by atoms with Crippen LogP contribution >= 0.6 is 11.8 Å². The van der Waals surface area contributed by atoms with Crippen molar-refractivity contribution in [3.63, 3.8) is 0 Å². The zero-order valence-electron chi connectivity index (χ0n) is 20.0. The highest BCUT2D eigenvalue weighted by Gasteiger charge is 2.30. The van der Waals surface area contributed by atoms with Crippen molar-refractivity contribution in [2.75, 3.05) is 4.90 Å². The zero-order valence-corrected chi connectivity index (χ0v) is 20.8. The van der Waals surface area contributed by atoms with Crippen LogP contribution in [0, 0.1) is 6.92 Å². The van der Waals surface area contributed by atoms with Crippen molar-refractivity contribution < 1.29 is 9.59 Å². The number of rotatable bonds is 6. The van der Waals surface area contributed by atoms with E-state index in [0.717, 1.165) is 32.8 Å². The zero-order chi connectivity index (χ0) is 24.9. The Hall–Kier alpha value is -4.09. The van der Waals surface area contributed by atoms with Gasteiger partial charge in [-0.2, -0.15) is 0 Å². The summed E-state index contributed by atoms with van der Waals surface area (Å²) in [4.78, 5) is 30.1. The Bertz CT molecular complexity index is 1430. The van der Waals surface area contributed by atoms with E-state index < -0.39 is 0 Å². The highest BCUT2D eigenvalue weighted by molar-refractivity contribution is 8.04. The molecule has 0 unspecified atom stereocenters. The molecule has 0 saturated heterocycles. The molecule has 0 spiro atoms. The predicted octanol–water partition coefficient (Wildman–Crippen LogP) is 6.61. The van der Waals surface area contributed by atoms with Crippen molar-refractivity contribution in [1.29, 1.82) is 0 Å². The molecule has 1 heterocycles. The lowest BCUT2D eigenvalue weighted by atomic mass is 10.1. The third kappa shape index (κ3) is 5.42. The molecule has 0 aromatic heterocycles. The van der Waals surface area contributed by atoms with Crippen molar-refractivity contribution in [3.8, 4) is 0 Å². The van der Waals surface area contributed by atoms with Gasteiger partial charge in [-0.05, 0) is 47.9 Å². The smallest absolute Gasteiger partial charge is 0.265 e. The van der Waals surface area contributed by atoms with Crippen molar-refractivity contribution in [2.24, 2.45) is 0 Å². The van der Waals surface area contributed by atoms with Gasteiger partial charge >= 0.3 is 0 Å². The highest BCUT2D eigenvalue weighted by atomic mass is 32.2. The molecule has 0 saturated carbocycles. The molecule has 0 bridgehead atoms. The summed E-state index contributed by atoms with van der Waals surface area (Å²) in [6, 6.07) is 33.4. The summed E-state index contributed by atoms with van der Waals surface area (Å²) in [5, 5.41) is 2.99. The van der Waals surface area contributed by atoms with Gasteiger partial charge in [-0.15, -0.1) is 0 Å². The SMILES string of the molecule is Cc1cccc(CN2C(=O)/C(=C/c3ccccc3)Sc3ccc(C(=O)NCc4ccccc4)cc32)c1. The van der Waals surface area contributed by atoms with E-state index in [1.807, 2.05) is 110 Å². The number of benzene rings is 4. The van der Waals surface area contributed by atoms with E-state index in [0.29, 0.717) is 23.6 Å². The van der Waals surface area contributed by atoms with Gasteiger partial charge in [0.2, 0.25) is 0 Å². The molecule has 0 radical (unpaired) electrons. The molecule has 36 heavy (non-hydrogen) atoms. The molecule has 178 valence electrons. The Morgan fingerprint density at radius 3 is 2.33 bits per heavy atom. The van der Waals surface area contributed by atoms with Crippen molar-refractivity contribution in [1.82, 2.24) is 5.32 Å². The maximum atomic E-state index is 13.7. The summed E-state index contributed by atoms with van der Waals surface area (Å²) in [5.41, 5.74) is 5.47. The van der Waals surface area contributed by atoms with Crippen LogP contribution < -0.4 is 10.2 Å². The van der Waals surface area contributed by atoms with Crippen LogP contribution in [0.3, 0.4) is 0 Å². The van der Waals surface area contributed by atoms with E-state index in [-0.39, 0.29) is 11.8 Å². The number of aryl methyl sites for hydroxylation is 1. The second-order valence-electron chi connectivity index (χ2n) is 8.75. The minimum Gasteiger partial charge on any atom is -0.348 e. The number of carbonyl (C=O) groups is 2. The van der Waals surface area contributed by atoms with Crippen LogP contribution in [0.1, 0.15) is 32.6 Å². The van der Waals surface area contributed by atoms with Gasteiger partial charge in [0, 0.05) is 17.0 Å². The average molecular weight is 491 g/mol. The summed E-state index contributed by atoms with van der Waals surface area (Å²) in [5.74, 6) is -0.236. The fourth-order valence-electron chi connectivity index (χ4n) is 4.18. The van der Waals surface area contributed by atoms with Crippen LogP contribution in [0.4, 0.5) is 5.69 Å². The topological polar surface area (TPSA) is 49.4 Å². The average Bonchev–Trinajstić information content (AvgIpc) is 2.90. The number of nitrogens with zero attached hydrogens (tertiary/aromatic N) is 1. The highest BCUT2D eigenvalue weighted by Crippen LogP contribution is 2.43. The molecule has 5 heteroatoms. The van der Waals surface area contributed by atoms with E-state index in [1.54, 1.807) is 4.90 Å². The Kier molecular flexibility index (Phi) is 7.01. The van der Waals surface area contributed by atoms with E-state index in [1.165, 1.54) is 11.8 Å². The Labute approximate surface area is 215 Å². The minimum atomic E-state index is -0.166. The van der Waals surface area contributed by atoms with Crippen molar-refractivity contribution >= 4 is 35.3 Å². The second-order valence-corrected chi connectivity index (χ2v) is 9.84. The molecular weight excluding hydrogens is 464 g/mol. The van der Waals surface area contributed by atoms with Gasteiger partial charge in [0.25, 0.3) is 11.8 Å². The number of nitrogens with one attached hydrogen (secondary N) is 1. The van der Waals surface area contributed by atoms with E-state index in [4.69, 9.17) is 0 Å². The van der Waals surface area contributed by atoms with Crippen LogP contribution in [0.15, 0.2) is 113 Å². The first-order chi connectivity index (χ1) is 17.6. The number of hydrogen-bond donors (Lipinski definition) is 1. The molecule has 1 N–H and O–H groups in total. The first-order valence-electron chi connectivity index (χ1n) is 11.8. The third-order valence-electron chi connectivity index (χ3n) is 6.00. The largest absolute Gasteiger partial charge is 0.348 e. The van der Waals surface area contributed by atoms with Gasteiger partial charge < -0.3 is 10.2 Å². The molecule has 0 fully saturated rings. The van der Waals surface area contributed by atoms with Crippen molar-refractivity contribution in [3.05, 3.63) is 136 Å². The van der Waals surface area contributed by atoms with Gasteiger partial charge in [-0.3, -0.25) is 9.59 Å². The maximum Gasteiger partial charge on any atom is 0.265 e. The predicted molar refractivity (Wildman–Crippen MR) is 147 cm³/mol. The van der Waals surface area contributed by atoms with Gasteiger partial charge in [0.15, 0.2) is 0 Å². The number of thioether (sulfide) groups is 1. The summed E-state index contributed by atoms with van der Waals surface area (Å²) in [7, 11) is 0. The normalized spacial score (nSPS) is 14.0. The number of carbonyl (C=O) groups excluding carboxylic acids is 2. The Balaban J connectivity index is 1.47. The lowest BCUT2D eigenvalue weighted by molar-refractivity contribution is -0.114. The lowest BCUT2D eigenvalue weighted by Gasteiger charge is -2.31. The molecular formula is C31H26N2O2S. The van der Waals surface area contributed by atoms with Crippen LogP contribution in [-0.4, -0.2) is 11.8 Å². The summed E-state index contributed by atoms with van der Waals surface area (Å²) in [6.07, 6.45) is 1.93. The molecule has 4 nitrogen and oxygen atoms in total. The lowest BCUT2D eigenvalue weighted by Crippen LogP contribution is -2.34. The molecule has 1 aliphatic heterocycles. The number of anilines is 1. The Morgan fingerprint density at radius 1 is 0.861 bits per heavy atom. The van der Waals surface area contributed by atoms with E-state index in [9.17, 15) is 9.59 Å². The number of hydrogen-bond acceptors (Lipinski definition) is 3. The molecule has 4 aromatic carbocycles. The first kappa shape index (κ1) is 23.6. The number of fused-ring (bicyclic) bond motifs is 1. The molecule has 1 aliphatic rings. The first-order valence-corrected chi connectivity index (χ1v) is 12.7.